The number of carbonyl (C=O) groups excluding carboxylic acids is 1. The standard InChI is InChI=1S/C31H30F2N6O5S/c1-31(34,14-16-43-2)25-24-27(40)39(23-9-4-5-15-35-23)30(42)38(17-20-21(32)7-6-8-22(20)33)28(24)45-26(25)18-10-12-19(13-11-18)36-29(41)37-44-3/h4-13,15H,14,16-17,34H2,1-3H3,(H2,36,37,41). The molecule has 234 valence electrons. The van der Waals surface area contributed by atoms with Crippen molar-refractivity contribution in [2.24, 2.45) is 5.73 Å². The molecule has 0 saturated heterocycles. The van der Waals surface area contributed by atoms with Crippen molar-refractivity contribution >= 4 is 33.3 Å². The summed E-state index contributed by atoms with van der Waals surface area (Å²) < 4.78 is 37.2. The van der Waals surface area contributed by atoms with Gasteiger partial charge in [0.1, 0.15) is 22.3 Å². The number of methoxy groups -OCH3 is 1. The topological polar surface area (TPSA) is 143 Å². The number of anilines is 1. The number of pyridine rings is 1. The minimum atomic E-state index is -1.16. The third kappa shape index (κ3) is 6.26. The van der Waals surface area contributed by atoms with E-state index in [0.717, 1.165) is 28.0 Å². The molecule has 14 heteroatoms. The molecule has 5 rings (SSSR count). The van der Waals surface area contributed by atoms with Gasteiger partial charge >= 0.3 is 11.7 Å². The summed E-state index contributed by atoms with van der Waals surface area (Å²) in [6, 6.07) is 14.3. The van der Waals surface area contributed by atoms with E-state index in [4.69, 9.17) is 10.5 Å². The van der Waals surface area contributed by atoms with E-state index < -0.39 is 41.0 Å². The van der Waals surface area contributed by atoms with Crippen molar-refractivity contribution in [3.8, 4) is 16.3 Å². The highest BCUT2D eigenvalue weighted by molar-refractivity contribution is 7.22. The Morgan fingerprint density at radius 2 is 1.76 bits per heavy atom. The molecule has 0 aliphatic heterocycles. The Labute approximate surface area is 259 Å². The summed E-state index contributed by atoms with van der Waals surface area (Å²) in [5, 5.41) is 2.73. The first kappa shape index (κ1) is 31.7. The van der Waals surface area contributed by atoms with Crippen LogP contribution in [0.15, 0.2) is 76.4 Å². The van der Waals surface area contributed by atoms with Crippen LogP contribution in [-0.2, 0) is 21.7 Å². The smallest absolute Gasteiger partial charge is 0.343 e. The highest BCUT2D eigenvalue weighted by Crippen LogP contribution is 2.43. The van der Waals surface area contributed by atoms with Crippen molar-refractivity contribution in [1.29, 1.82) is 0 Å². The Kier molecular flexibility index (Phi) is 9.20. The lowest BCUT2D eigenvalue weighted by Gasteiger charge is -2.26. The van der Waals surface area contributed by atoms with Crippen LogP contribution in [-0.4, -0.2) is 41.0 Å². The van der Waals surface area contributed by atoms with Crippen molar-refractivity contribution < 1.29 is 23.1 Å². The van der Waals surface area contributed by atoms with Crippen LogP contribution >= 0.6 is 11.3 Å². The molecule has 2 aromatic carbocycles. The summed E-state index contributed by atoms with van der Waals surface area (Å²) in [4.78, 5) is 49.9. The fourth-order valence-electron chi connectivity index (χ4n) is 5.02. The summed E-state index contributed by atoms with van der Waals surface area (Å²) in [5.41, 5.74) is 7.58. The Hall–Kier alpha value is -4.76. The van der Waals surface area contributed by atoms with E-state index in [-0.39, 0.29) is 28.2 Å². The van der Waals surface area contributed by atoms with E-state index >= 15 is 0 Å². The largest absolute Gasteiger partial charge is 0.385 e. The summed E-state index contributed by atoms with van der Waals surface area (Å²) >= 11 is 1.10. The molecule has 11 nitrogen and oxygen atoms in total. The highest BCUT2D eigenvalue weighted by Gasteiger charge is 2.33. The van der Waals surface area contributed by atoms with E-state index in [9.17, 15) is 23.2 Å². The number of halogens is 2. The monoisotopic (exact) mass is 636 g/mol. The summed E-state index contributed by atoms with van der Waals surface area (Å²) in [7, 11) is 2.84. The van der Waals surface area contributed by atoms with Crippen molar-refractivity contribution in [3.05, 3.63) is 110 Å². The fourth-order valence-corrected chi connectivity index (χ4v) is 6.45. The van der Waals surface area contributed by atoms with Crippen LogP contribution in [0.1, 0.15) is 24.5 Å². The van der Waals surface area contributed by atoms with Crippen molar-refractivity contribution in [1.82, 2.24) is 19.6 Å². The van der Waals surface area contributed by atoms with Gasteiger partial charge in [-0.1, -0.05) is 24.3 Å². The van der Waals surface area contributed by atoms with Crippen molar-refractivity contribution in [2.75, 3.05) is 26.1 Å². The summed E-state index contributed by atoms with van der Waals surface area (Å²) in [5.74, 6) is -1.64. The van der Waals surface area contributed by atoms with Gasteiger partial charge in [0.2, 0.25) is 0 Å². The minimum absolute atomic E-state index is 0.0382. The normalized spacial score (nSPS) is 12.7. The third-order valence-electron chi connectivity index (χ3n) is 7.23. The maximum Gasteiger partial charge on any atom is 0.343 e. The molecule has 3 aromatic heterocycles. The molecule has 0 bridgehead atoms. The molecule has 1 unspecified atom stereocenters. The average molecular weight is 637 g/mol. The SMILES string of the molecule is COCCC(C)(N)c1c(-c2ccc(NC(=O)NOC)cc2)sc2c1c(=O)n(-c1ccccn1)c(=O)n2Cc1c(F)cccc1F. The first-order valence-electron chi connectivity index (χ1n) is 13.7. The first-order chi connectivity index (χ1) is 21.6. The van der Waals surface area contributed by atoms with Crippen LogP contribution in [0.3, 0.4) is 0 Å². The number of fused-ring (bicyclic) bond motifs is 1. The number of urea groups is 1. The maximum atomic E-state index is 14.9. The molecular weight excluding hydrogens is 606 g/mol. The number of ether oxygens (including phenoxy) is 1. The number of hydrogen-bond acceptors (Lipinski definition) is 8. The Morgan fingerprint density at radius 1 is 1.04 bits per heavy atom. The number of amides is 2. The predicted octanol–water partition coefficient (Wildman–Crippen LogP) is 4.50. The number of benzene rings is 2. The average Bonchev–Trinajstić information content (AvgIpc) is 3.43. The van der Waals surface area contributed by atoms with Gasteiger partial charge in [-0.2, -0.15) is 0 Å². The van der Waals surface area contributed by atoms with E-state index in [1.807, 2.05) is 0 Å². The number of thiophene rings is 1. The lowest BCUT2D eigenvalue weighted by molar-refractivity contribution is 0.114. The van der Waals surface area contributed by atoms with Gasteiger partial charge in [0, 0.05) is 47.1 Å². The zero-order valence-electron chi connectivity index (χ0n) is 24.6. The summed E-state index contributed by atoms with van der Waals surface area (Å²) in [6.45, 7) is 1.51. The second-order valence-electron chi connectivity index (χ2n) is 10.4. The molecular formula is C31H30F2N6O5S. The van der Waals surface area contributed by atoms with Crippen LogP contribution < -0.4 is 27.8 Å². The molecule has 5 aromatic rings. The van der Waals surface area contributed by atoms with E-state index in [2.05, 4.69) is 20.6 Å². The highest BCUT2D eigenvalue weighted by atomic mass is 32.1. The van der Waals surface area contributed by atoms with Crippen LogP contribution in [0, 0.1) is 11.6 Å². The molecule has 4 N–H and O–H groups in total. The summed E-state index contributed by atoms with van der Waals surface area (Å²) in [6.07, 6.45) is 1.73. The van der Waals surface area contributed by atoms with Crippen LogP contribution in [0.5, 0.6) is 0 Å². The number of rotatable bonds is 10. The van der Waals surface area contributed by atoms with Crippen LogP contribution in [0.4, 0.5) is 19.3 Å². The number of hydrogen-bond donors (Lipinski definition) is 3. The minimum Gasteiger partial charge on any atom is -0.385 e. The second kappa shape index (κ2) is 13.1. The van der Waals surface area contributed by atoms with E-state index in [0.29, 0.717) is 28.1 Å². The molecule has 1 atom stereocenters. The molecule has 0 aliphatic carbocycles. The maximum absolute atomic E-state index is 14.9. The molecule has 2 amide bonds. The van der Waals surface area contributed by atoms with Gasteiger partial charge in [-0.3, -0.25) is 14.2 Å². The molecule has 0 aliphatic rings. The molecule has 45 heavy (non-hydrogen) atoms. The van der Waals surface area contributed by atoms with Gasteiger partial charge < -0.3 is 15.8 Å². The number of carbonyl (C=O) groups is 1. The fraction of sp³-hybridized carbons (Fsp3) is 0.226. The van der Waals surface area contributed by atoms with Gasteiger partial charge in [0.15, 0.2) is 0 Å². The molecule has 0 spiro atoms. The number of nitrogens with two attached hydrogens (primary N) is 1. The quantitative estimate of drug-likeness (QED) is 0.192. The van der Waals surface area contributed by atoms with Crippen molar-refractivity contribution in [2.45, 2.75) is 25.4 Å². The third-order valence-corrected chi connectivity index (χ3v) is 8.49. The van der Waals surface area contributed by atoms with Gasteiger partial charge in [-0.25, -0.2) is 33.4 Å². The van der Waals surface area contributed by atoms with Gasteiger partial charge in [0.05, 0.1) is 19.0 Å². The Morgan fingerprint density at radius 3 is 2.38 bits per heavy atom. The molecule has 3 heterocycles. The number of nitrogens with zero attached hydrogens (tertiary/aromatic N) is 3. The van der Waals surface area contributed by atoms with Gasteiger partial charge in [0.25, 0.3) is 5.56 Å². The molecule has 0 fully saturated rings. The lowest BCUT2D eigenvalue weighted by Crippen LogP contribution is -2.41. The van der Waals surface area contributed by atoms with Gasteiger partial charge in [-0.05, 0) is 55.3 Å². The molecule has 0 radical (unpaired) electrons. The van der Waals surface area contributed by atoms with Crippen LogP contribution in [0.25, 0.3) is 26.5 Å². The first-order valence-corrected chi connectivity index (χ1v) is 14.5. The zero-order chi connectivity index (χ0) is 32.3. The number of nitrogens with one attached hydrogen (secondary N) is 2. The molecule has 0 saturated carbocycles. The Balaban J connectivity index is 1.84. The van der Waals surface area contributed by atoms with E-state index in [1.54, 1.807) is 43.3 Å². The van der Waals surface area contributed by atoms with Crippen LogP contribution in [0.2, 0.25) is 0 Å². The predicted molar refractivity (Wildman–Crippen MR) is 168 cm³/mol. The number of aromatic nitrogens is 3. The van der Waals surface area contributed by atoms with E-state index in [1.165, 1.54) is 37.1 Å². The second-order valence-corrected chi connectivity index (χ2v) is 11.4. The van der Waals surface area contributed by atoms with Gasteiger partial charge in [-0.15, -0.1) is 11.3 Å². The lowest BCUT2D eigenvalue weighted by atomic mass is 9.87. The zero-order valence-corrected chi connectivity index (χ0v) is 25.4. The van der Waals surface area contributed by atoms with Crippen molar-refractivity contribution in [3.63, 3.8) is 0 Å². The Bertz CT molecular complexity index is 1950. The number of hydroxylamine groups is 1.